The lowest BCUT2D eigenvalue weighted by atomic mass is 9.82. The predicted molar refractivity (Wildman–Crippen MR) is 121 cm³/mol. The summed E-state index contributed by atoms with van der Waals surface area (Å²) in [4.78, 5) is 0. The lowest BCUT2D eigenvalue weighted by Gasteiger charge is -2.23. The van der Waals surface area contributed by atoms with Gasteiger partial charge in [-0.3, -0.25) is 0 Å². The third kappa shape index (κ3) is 6.67. The maximum Gasteiger partial charge on any atom is 0.379 e. The largest absolute Gasteiger partial charge is 0.379 e. The summed E-state index contributed by atoms with van der Waals surface area (Å²) < 4.78 is 29.0. The molecule has 4 rings (SSSR count). The minimum atomic E-state index is -3.67. The molecule has 0 aliphatic heterocycles. The molecule has 0 spiro atoms. The van der Waals surface area contributed by atoms with Gasteiger partial charge >= 0.3 is 6.68 Å². The van der Waals surface area contributed by atoms with Gasteiger partial charge in [0.2, 0.25) is 0 Å². The fraction of sp³-hybridized carbons (Fsp3) is 0.280. The first-order valence-corrected chi connectivity index (χ1v) is 9.82. The zero-order valence-electron chi connectivity index (χ0n) is 16.3. The molecule has 0 heterocycles. The third-order valence-corrected chi connectivity index (χ3v) is 5.29. The molecule has 3 aromatic carbocycles. The van der Waals surface area contributed by atoms with Crippen LogP contribution in [0, 0.1) is 0 Å². The summed E-state index contributed by atoms with van der Waals surface area (Å²) in [6.07, 6.45) is 6.86. The Kier molecular flexibility index (Phi) is 9.33. The molecule has 154 valence electrons. The van der Waals surface area contributed by atoms with Crippen molar-refractivity contribution in [3.05, 3.63) is 84.4 Å². The van der Waals surface area contributed by atoms with Crippen molar-refractivity contribution >= 4 is 13.5 Å². The normalized spacial score (nSPS) is 13.9. The molecular weight excluding hydrogens is 389 g/mol. The van der Waals surface area contributed by atoms with Crippen LogP contribution in [-0.2, 0) is 0 Å². The summed E-state index contributed by atoms with van der Waals surface area (Å²) in [5, 5.41) is 0. The van der Waals surface area contributed by atoms with Crippen LogP contribution in [0.5, 0.6) is 0 Å². The van der Waals surface area contributed by atoms with Gasteiger partial charge < -0.3 is 0 Å². The second kappa shape index (κ2) is 11.7. The Morgan fingerprint density at radius 1 is 0.621 bits per heavy atom. The maximum atomic E-state index is 9.67. The molecule has 29 heavy (non-hydrogen) atoms. The van der Waals surface area contributed by atoms with Crippen molar-refractivity contribution in [3.63, 3.8) is 0 Å². The van der Waals surface area contributed by atoms with Gasteiger partial charge in [-0.2, -0.15) is 26.7 Å². The van der Waals surface area contributed by atoms with E-state index in [1.807, 2.05) is 0 Å². The SMILES string of the molecule is FC(F)F.S.c1ccc(-c2ccc(C3CCCCC3)cc2-c2ccccc2)cc1. The first kappa shape index (κ1) is 23.1. The molecule has 1 saturated carbocycles. The van der Waals surface area contributed by atoms with Crippen LogP contribution in [0.1, 0.15) is 43.6 Å². The lowest BCUT2D eigenvalue weighted by Crippen LogP contribution is -2.04. The van der Waals surface area contributed by atoms with E-state index in [1.54, 1.807) is 0 Å². The van der Waals surface area contributed by atoms with E-state index >= 15 is 0 Å². The molecule has 0 amide bonds. The molecule has 0 atom stereocenters. The number of hydrogen-bond donors (Lipinski definition) is 0. The molecule has 0 aromatic heterocycles. The Labute approximate surface area is 178 Å². The van der Waals surface area contributed by atoms with Crippen LogP contribution in [0.15, 0.2) is 78.9 Å². The van der Waals surface area contributed by atoms with Crippen LogP contribution in [0.3, 0.4) is 0 Å². The Bertz CT molecular complexity index is 842. The van der Waals surface area contributed by atoms with Crippen molar-refractivity contribution in [2.45, 2.75) is 44.7 Å². The average molecular weight is 417 g/mol. The summed E-state index contributed by atoms with van der Waals surface area (Å²) >= 11 is 0. The fourth-order valence-electron chi connectivity index (χ4n) is 3.98. The Balaban J connectivity index is 0.000000552. The zero-order chi connectivity index (χ0) is 19.8. The molecular formula is C25H27F3S. The van der Waals surface area contributed by atoms with Gasteiger partial charge in [0.05, 0.1) is 0 Å². The number of hydrogen-bond acceptors (Lipinski definition) is 0. The minimum absolute atomic E-state index is 0. The predicted octanol–water partition coefficient (Wildman–Crippen LogP) is 8.36. The van der Waals surface area contributed by atoms with Crippen LogP contribution in [0.4, 0.5) is 13.2 Å². The minimum Gasteiger partial charge on any atom is -0.197 e. The summed E-state index contributed by atoms with van der Waals surface area (Å²) in [6, 6.07) is 28.7. The van der Waals surface area contributed by atoms with E-state index in [4.69, 9.17) is 0 Å². The second-order valence-corrected chi connectivity index (χ2v) is 7.12. The van der Waals surface area contributed by atoms with E-state index in [0.29, 0.717) is 0 Å². The van der Waals surface area contributed by atoms with Gasteiger partial charge in [0.1, 0.15) is 0 Å². The van der Waals surface area contributed by atoms with Crippen molar-refractivity contribution in [2.75, 3.05) is 0 Å². The van der Waals surface area contributed by atoms with Crippen molar-refractivity contribution in [1.82, 2.24) is 0 Å². The molecule has 1 fully saturated rings. The Hall–Kier alpha value is -2.20. The standard InChI is InChI=1S/C24H24.CHF3.H2S/c1-4-10-19(11-5-1)22-16-17-23(20-12-6-2-7-13-20)24(18-22)21-14-8-3-9-15-21;2-1(3)4;/h2-3,6-9,12-19H,1,4-5,10-11H2;1H;1H2. The van der Waals surface area contributed by atoms with Gasteiger partial charge in [-0.15, -0.1) is 0 Å². The van der Waals surface area contributed by atoms with Gasteiger partial charge in [-0.25, -0.2) is 0 Å². The van der Waals surface area contributed by atoms with E-state index in [0.717, 1.165) is 5.92 Å². The molecule has 0 nitrogen and oxygen atoms in total. The highest BCUT2D eigenvalue weighted by Gasteiger charge is 2.17. The van der Waals surface area contributed by atoms with Crippen LogP contribution >= 0.6 is 13.5 Å². The Morgan fingerprint density at radius 2 is 1.10 bits per heavy atom. The highest BCUT2D eigenvalue weighted by atomic mass is 32.1. The average Bonchev–Trinajstić information content (AvgIpc) is 2.75. The lowest BCUT2D eigenvalue weighted by molar-refractivity contribution is 0.00819. The zero-order valence-corrected chi connectivity index (χ0v) is 17.3. The maximum absolute atomic E-state index is 9.67. The van der Waals surface area contributed by atoms with Gasteiger partial charge in [-0.1, -0.05) is 98.1 Å². The van der Waals surface area contributed by atoms with Crippen molar-refractivity contribution < 1.29 is 13.2 Å². The number of benzene rings is 3. The van der Waals surface area contributed by atoms with Crippen LogP contribution in [0.2, 0.25) is 0 Å². The molecule has 0 bridgehead atoms. The van der Waals surface area contributed by atoms with Crippen LogP contribution in [-0.4, -0.2) is 6.68 Å². The van der Waals surface area contributed by atoms with Gasteiger partial charge in [0.15, 0.2) is 0 Å². The summed E-state index contributed by atoms with van der Waals surface area (Å²) in [6.45, 7) is -3.67. The van der Waals surface area contributed by atoms with E-state index in [-0.39, 0.29) is 13.5 Å². The monoisotopic (exact) mass is 416 g/mol. The summed E-state index contributed by atoms with van der Waals surface area (Å²) in [5.74, 6) is 0.742. The highest BCUT2D eigenvalue weighted by molar-refractivity contribution is 7.59. The van der Waals surface area contributed by atoms with Crippen LogP contribution < -0.4 is 0 Å². The molecule has 0 N–H and O–H groups in total. The van der Waals surface area contributed by atoms with Crippen molar-refractivity contribution in [3.8, 4) is 22.3 Å². The van der Waals surface area contributed by atoms with Crippen molar-refractivity contribution in [2.24, 2.45) is 0 Å². The van der Waals surface area contributed by atoms with E-state index < -0.39 is 6.68 Å². The molecule has 3 aromatic rings. The van der Waals surface area contributed by atoms with Gasteiger partial charge in [0, 0.05) is 0 Å². The summed E-state index contributed by atoms with van der Waals surface area (Å²) in [7, 11) is 0. The number of halogens is 3. The summed E-state index contributed by atoms with van der Waals surface area (Å²) in [5.41, 5.74) is 6.83. The third-order valence-electron chi connectivity index (χ3n) is 5.29. The topological polar surface area (TPSA) is 0 Å². The first-order chi connectivity index (χ1) is 13.6. The molecule has 1 aliphatic carbocycles. The smallest absolute Gasteiger partial charge is 0.197 e. The first-order valence-electron chi connectivity index (χ1n) is 9.82. The molecule has 0 radical (unpaired) electrons. The number of rotatable bonds is 3. The Morgan fingerprint density at radius 3 is 1.62 bits per heavy atom. The van der Waals surface area contributed by atoms with Gasteiger partial charge in [0.25, 0.3) is 0 Å². The van der Waals surface area contributed by atoms with Crippen molar-refractivity contribution in [1.29, 1.82) is 0 Å². The van der Waals surface area contributed by atoms with Gasteiger partial charge in [-0.05, 0) is 46.6 Å². The van der Waals surface area contributed by atoms with Crippen LogP contribution in [0.25, 0.3) is 22.3 Å². The quantitative estimate of drug-likeness (QED) is 0.402. The fourth-order valence-corrected chi connectivity index (χ4v) is 3.98. The van der Waals surface area contributed by atoms with E-state index in [9.17, 15) is 13.2 Å². The molecule has 0 saturated heterocycles. The van der Waals surface area contributed by atoms with E-state index in [2.05, 4.69) is 78.9 Å². The highest BCUT2D eigenvalue weighted by Crippen LogP contribution is 2.38. The van der Waals surface area contributed by atoms with E-state index in [1.165, 1.54) is 59.9 Å². The molecule has 1 aliphatic rings. The molecule has 0 unspecified atom stereocenters. The molecule has 4 heteroatoms. The number of alkyl halides is 3. The second-order valence-electron chi connectivity index (χ2n) is 7.12.